The van der Waals surface area contributed by atoms with Crippen LogP contribution >= 0.6 is 0 Å². The number of hydrogen-bond acceptors (Lipinski definition) is 6. The van der Waals surface area contributed by atoms with E-state index in [1.165, 1.54) is 35.7 Å². The first-order valence-electron chi connectivity index (χ1n) is 8.98. The third kappa shape index (κ3) is 4.32. The summed E-state index contributed by atoms with van der Waals surface area (Å²) in [5.41, 5.74) is 1.10. The number of amides is 1. The van der Waals surface area contributed by atoms with E-state index in [0.29, 0.717) is 24.4 Å². The van der Waals surface area contributed by atoms with Gasteiger partial charge in [0.15, 0.2) is 0 Å². The molecule has 1 aliphatic heterocycles. The van der Waals surface area contributed by atoms with Crippen molar-refractivity contribution in [3.8, 4) is 5.75 Å². The number of aryl methyl sites for hydroxylation is 1. The topological polar surface area (TPSA) is 119 Å². The first-order valence-corrected chi connectivity index (χ1v) is 10.6. The summed E-state index contributed by atoms with van der Waals surface area (Å²) in [6.45, 7) is 2.13. The van der Waals surface area contributed by atoms with Crippen molar-refractivity contribution < 1.29 is 22.9 Å². The van der Waals surface area contributed by atoms with E-state index < -0.39 is 20.9 Å². The van der Waals surface area contributed by atoms with Crippen molar-refractivity contribution in [3.05, 3.63) is 57.6 Å². The fraction of sp³-hybridized carbons (Fsp3) is 0.316. The first kappa shape index (κ1) is 20.6. The van der Waals surface area contributed by atoms with Crippen LogP contribution in [0.3, 0.4) is 0 Å². The van der Waals surface area contributed by atoms with Gasteiger partial charge in [-0.1, -0.05) is 6.07 Å². The van der Waals surface area contributed by atoms with Crippen LogP contribution in [0, 0.1) is 17.0 Å². The molecule has 1 aliphatic rings. The van der Waals surface area contributed by atoms with Crippen molar-refractivity contribution in [1.29, 1.82) is 0 Å². The summed E-state index contributed by atoms with van der Waals surface area (Å²) >= 11 is 0. The average Bonchev–Trinajstić information content (AvgIpc) is 2.68. The van der Waals surface area contributed by atoms with E-state index in [4.69, 9.17) is 4.74 Å². The van der Waals surface area contributed by atoms with Gasteiger partial charge in [-0.25, -0.2) is 8.42 Å². The molecule has 0 aliphatic carbocycles. The lowest BCUT2D eigenvalue weighted by atomic mass is 10.1. The Morgan fingerprint density at radius 3 is 2.62 bits per heavy atom. The smallest absolute Gasteiger partial charge is 0.296 e. The molecule has 1 fully saturated rings. The molecule has 10 heteroatoms. The Bertz CT molecular complexity index is 1070. The van der Waals surface area contributed by atoms with Gasteiger partial charge < -0.3 is 10.1 Å². The van der Waals surface area contributed by atoms with Crippen LogP contribution < -0.4 is 14.4 Å². The molecule has 0 saturated carbocycles. The normalized spacial score (nSPS) is 15.6. The van der Waals surface area contributed by atoms with Crippen LogP contribution in [0.4, 0.5) is 17.1 Å². The molecular weight excluding hydrogens is 398 g/mol. The highest BCUT2D eigenvalue weighted by Crippen LogP contribution is 2.31. The molecule has 9 nitrogen and oxygen atoms in total. The predicted octanol–water partition coefficient (Wildman–Crippen LogP) is 3.09. The summed E-state index contributed by atoms with van der Waals surface area (Å²) in [6, 6.07) is 8.83. The number of nitrogens with one attached hydrogen (secondary N) is 1. The van der Waals surface area contributed by atoms with E-state index in [-0.39, 0.29) is 22.7 Å². The van der Waals surface area contributed by atoms with Crippen molar-refractivity contribution in [2.75, 3.05) is 29.0 Å². The second-order valence-corrected chi connectivity index (χ2v) is 8.70. The van der Waals surface area contributed by atoms with Gasteiger partial charge in [0.25, 0.3) is 11.6 Å². The van der Waals surface area contributed by atoms with E-state index in [9.17, 15) is 23.3 Å². The van der Waals surface area contributed by atoms with Gasteiger partial charge >= 0.3 is 0 Å². The van der Waals surface area contributed by atoms with Crippen LogP contribution in [-0.4, -0.2) is 38.7 Å². The zero-order valence-corrected chi connectivity index (χ0v) is 16.9. The summed E-state index contributed by atoms with van der Waals surface area (Å²) < 4.78 is 31.2. The lowest BCUT2D eigenvalue weighted by Gasteiger charge is -2.29. The molecule has 2 aromatic carbocycles. The third-order valence-electron chi connectivity index (χ3n) is 4.74. The molecule has 0 radical (unpaired) electrons. The van der Waals surface area contributed by atoms with Crippen molar-refractivity contribution in [2.24, 2.45) is 0 Å². The lowest BCUT2D eigenvalue weighted by molar-refractivity contribution is -0.384. The van der Waals surface area contributed by atoms with Gasteiger partial charge in [0.1, 0.15) is 11.4 Å². The Hall–Kier alpha value is -3.14. The zero-order valence-electron chi connectivity index (χ0n) is 16.0. The number of anilines is 2. The maximum absolute atomic E-state index is 12.7. The molecule has 0 atom stereocenters. The summed E-state index contributed by atoms with van der Waals surface area (Å²) in [4.78, 5) is 23.4. The Labute approximate surface area is 168 Å². The van der Waals surface area contributed by atoms with Crippen molar-refractivity contribution in [3.63, 3.8) is 0 Å². The molecule has 0 bridgehead atoms. The second-order valence-electron chi connectivity index (χ2n) is 6.69. The molecule has 0 unspecified atom stereocenters. The minimum Gasteiger partial charge on any atom is -0.496 e. The summed E-state index contributed by atoms with van der Waals surface area (Å²) in [5, 5.41) is 13.8. The SMILES string of the molecule is COc1ccc(NC(=O)c2ccc(C)c(N3CCCCS3(=O)=O)c2)c([N+](=O)[O-])c1. The Balaban J connectivity index is 1.92. The molecule has 154 valence electrons. The second kappa shape index (κ2) is 8.08. The average molecular weight is 419 g/mol. The van der Waals surface area contributed by atoms with E-state index >= 15 is 0 Å². The molecule has 1 N–H and O–H groups in total. The number of nitro benzene ring substituents is 1. The number of hydrogen-bond donors (Lipinski definition) is 1. The van der Waals surface area contributed by atoms with Crippen molar-refractivity contribution in [1.82, 2.24) is 0 Å². The van der Waals surface area contributed by atoms with Gasteiger partial charge in [-0.2, -0.15) is 0 Å². The highest BCUT2D eigenvalue weighted by Gasteiger charge is 2.28. The highest BCUT2D eigenvalue weighted by molar-refractivity contribution is 7.92. The molecule has 0 aromatic heterocycles. The van der Waals surface area contributed by atoms with E-state index in [2.05, 4.69) is 5.32 Å². The summed E-state index contributed by atoms with van der Waals surface area (Å²) in [7, 11) is -2.04. The number of benzene rings is 2. The molecule has 1 saturated heterocycles. The van der Waals surface area contributed by atoms with Crippen LogP contribution in [0.5, 0.6) is 5.75 Å². The number of ether oxygens (including phenoxy) is 1. The molecule has 2 aromatic rings. The van der Waals surface area contributed by atoms with E-state index in [1.54, 1.807) is 19.1 Å². The largest absolute Gasteiger partial charge is 0.496 e. The van der Waals surface area contributed by atoms with Crippen LogP contribution in [0.1, 0.15) is 28.8 Å². The van der Waals surface area contributed by atoms with Crippen molar-refractivity contribution >= 4 is 33.0 Å². The minimum absolute atomic E-state index is 0.0218. The Morgan fingerprint density at radius 2 is 1.97 bits per heavy atom. The maximum Gasteiger partial charge on any atom is 0.296 e. The number of methoxy groups -OCH3 is 1. The number of rotatable bonds is 5. The monoisotopic (exact) mass is 419 g/mol. The molecular formula is C19H21N3O6S. The van der Waals surface area contributed by atoms with Gasteiger partial charge in [0.05, 0.1) is 29.5 Å². The molecule has 1 heterocycles. The number of carbonyl (C=O) groups is 1. The highest BCUT2D eigenvalue weighted by atomic mass is 32.2. The number of nitro groups is 1. The zero-order chi connectivity index (χ0) is 21.2. The predicted molar refractivity (Wildman–Crippen MR) is 109 cm³/mol. The van der Waals surface area contributed by atoms with E-state index in [1.807, 2.05) is 0 Å². The number of carbonyl (C=O) groups excluding carboxylic acids is 1. The molecule has 0 spiro atoms. The number of nitrogens with zero attached hydrogens (tertiary/aromatic N) is 2. The van der Waals surface area contributed by atoms with E-state index in [0.717, 1.165) is 12.0 Å². The molecule has 1 amide bonds. The Kier molecular flexibility index (Phi) is 5.73. The summed E-state index contributed by atoms with van der Waals surface area (Å²) in [5.74, 6) is -0.211. The van der Waals surface area contributed by atoms with Crippen LogP contribution in [0.25, 0.3) is 0 Å². The van der Waals surface area contributed by atoms with Gasteiger partial charge in [-0.3, -0.25) is 19.2 Å². The van der Waals surface area contributed by atoms with Gasteiger partial charge in [-0.15, -0.1) is 0 Å². The standard InChI is InChI=1S/C19H21N3O6S/c1-13-5-6-14(11-17(13)21-9-3-4-10-29(21,26)27)19(23)20-16-8-7-15(28-2)12-18(16)22(24)25/h5-8,11-12H,3-4,9-10H2,1-2H3,(H,20,23). The van der Waals surface area contributed by atoms with Crippen LogP contribution in [0.2, 0.25) is 0 Å². The van der Waals surface area contributed by atoms with Gasteiger partial charge in [0, 0.05) is 12.1 Å². The molecule has 3 rings (SSSR count). The van der Waals surface area contributed by atoms with Crippen molar-refractivity contribution in [2.45, 2.75) is 19.8 Å². The lowest BCUT2D eigenvalue weighted by Crippen LogP contribution is -2.38. The summed E-state index contributed by atoms with van der Waals surface area (Å²) in [6.07, 6.45) is 1.35. The fourth-order valence-corrected chi connectivity index (χ4v) is 4.86. The first-order chi connectivity index (χ1) is 13.7. The quantitative estimate of drug-likeness (QED) is 0.588. The number of sulfonamides is 1. The van der Waals surface area contributed by atoms with Crippen LogP contribution in [0.15, 0.2) is 36.4 Å². The van der Waals surface area contributed by atoms with Crippen LogP contribution in [-0.2, 0) is 10.0 Å². The van der Waals surface area contributed by atoms with Gasteiger partial charge in [-0.05, 0) is 49.6 Å². The van der Waals surface area contributed by atoms with Gasteiger partial charge in [0.2, 0.25) is 10.0 Å². The molecule has 29 heavy (non-hydrogen) atoms. The third-order valence-corrected chi connectivity index (χ3v) is 6.59. The fourth-order valence-electron chi connectivity index (χ4n) is 3.17. The minimum atomic E-state index is -3.43. The Morgan fingerprint density at radius 1 is 1.21 bits per heavy atom. The maximum atomic E-state index is 12.7.